The van der Waals surface area contributed by atoms with Crippen LogP contribution in [-0.4, -0.2) is 9.97 Å². The van der Waals surface area contributed by atoms with E-state index in [1.54, 1.807) is 18.3 Å². The number of nitrogens with one attached hydrogen (secondary N) is 2. The van der Waals surface area contributed by atoms with E-state index in [1.165, 1.54) is 12.1 Å². The van der Waals surface area contributed by atoms with Crippen molar-refractivity contribution in [2.45, 2.75) is 13.5 Å². The van der Waals surface area contributed by atoms with Gasteiger partial charge in [-0.3, -0.25) is 4.79 Å². The Morgan fingerprint density at radius 2 is 2.00 bits per heavy atom. The van der Waals surface area contributed by atoms with Gasteiger partial charge in [-0.1, -0.05) is 12.1 Å². The van der Waals surface area contributed by atoms with Crippen molar-refractivity contribution in [3.8, 4) is 0 Å². The van der Waals surface area contributed by atoms with Crippen LogP contribution in [0.3, 0.4) is 0 Å². The zero-order valence-electron chi connectivity index (χ0n) is 14.1. The van der Waals surface area contributed by atoms with Crippen LogP contribution >= 0.6 is 0 Å². The third-order valence-corrected chi connectivity index (χ3v) is 4.47. The van der Waals surface area contributed by atoms with Gasteiger partial charge in [0, 0.05) is 29.2 Å². The Labute approximate surface area is 148 Å². The van der Waals surface area contributed by atoms with E-state index in [9.17, 15) is 9.18 Å². The number of nitrogens with zero attached hydrogens (tertiary/aromatic N) is 1. The number of pyridine rings is 2. The summed E-state index contributed by atoms with van der Waals surface area (Å²) in [5, 5.41) is 4.84. The summed E-state index contributed by atoms with van der Waals surface area (Å²) in [6.45, 7) is 2.41. The van der Waals surface area contributed by atoms with Gasteiger partial charge in [0.25, 0.3) is 5.56 Å². The van der Waals surface area contributed by atoms with Crippen LogP contribution < -0.4 is 16.6 Å². The van der Waals surface area contributed by atoms with Crippen molar-refractivity contribution >= 4 is 33.2 Å². The fourth-order valence-electron chi connectivity index (χ4n) is 3.08. The van der Waals surface area contributed by atoms with Gasteiger partial charge in [0.2, 0.25) is 0 Å². The maximum absolute atomic E-state index is 13.7. The summed E-state index contributed by atoms with van der Waals surface area (Å²) >= 11 is 0. The van der Waals surface area contributed by atoms with Crippen molar-refractivity contribution in [2.75, 3.05) is 5.32 Å². The van der Waals surface area contributed by atoms with Gasteiger partial charge in [0.1, 0.15) is 11.6 Å². The average Bonchev–Trinajstić information content (AvgIpc) is 2.64. The molecule has 4 aromatic rings. The van der Waals surface area contributed by atoms with Crippen molar-refractivity contribution in [3.05, 3.63) is 76.0 Å². The Balaban J connectivity index is 1.99. The molecule has 4 rings (SSSR count). The normalized spacial score (nSPS) is 11.2. The maximum Gasteiger partial charge on any atom is 0.256 e. The van der Waals surface area contributed by atoms with Crippen LogP contribution in [-0.2, 0) is 6.54 Å². The molecule has 0 aliphatic carbocycles. The smallest absolute Gasteiger partial charge is 0.256 e. The minimum absolute atomic E-state index is 0.281. The number of nitrogens with two attached hydrogens (primary N) is 1. The predicted molar refractivity (Wildman–Crippen MR) is 102 cm³/mol. The van der Waals surface area contributed by atoms with Crippen LogP contribution in [0, 0.1) is 12.7 Å². The molecular weight excluding hydrogens is 331 g/mol. The number of anilines is 2. The van der Waals surface area contributed by atoms with Crippen LogP contribution in [0.25, 0.3) is 21.7 Å². The van der Waals surface area contributed by atoms with Gasteiger partial charge >= 0.3 is 0 Å². The van der Waals surface area contributed by atoms with E-state index in [0.29, 0.717) is 34.0 Å². The number of H-pyrrole nitrogens is 1. The van der Waals surface area contributed by atoms with Gasteiger partial charge in [-0.15, -0.1) is 0 Å². The molecule has 0 unspecified atom stereocenters. The van der Waals surface area contributed by atoms with Gasteiger partial charge in [-0.25, -0.2) is 9.37 Å². The van der Waals surface area contributed by atoms with Gasteiger partial charge in [0.15, 0.2) is 0 Å². The summed E-state index contributed by atoms with van der Waals surface area (Å²) < 4.78 is 13.7. The van der Waals surface area contributed by atoms with E-state index in [1.807, 2.05) is 25.1 Å². The number of aromatic amines is 1. The third kappa shape index (κ3) is 2.70. The van der Waals surface area contributed by atoms with E-state index in [-0.39, 0.29) is 5.56 Å². The highest BCUT2D eigenvalue weighted by atomic mass is 19.1. The van der Waals surface area contributed by atoms with E-state index in [4.69, 9.17) is 5.73 Å². The number of rotatable bonds is 3. The van der Waals surface area contributed by atoms with Gasteiger partial charge < -0.3 is 16.0 Å². The lowest BCUT2D eigenvalue weighted by Gasteiger charge is -2.14. The summed E-state index contributed by atoms with van der Waals surface area (Å²) in [4.78, 5) is 19.7. The molecule has 0 saturated heterocycles. The van der Waals surface area contributed by atoms with E-state index < -0.39 is 5.82 Å². The maximum atomic E-state index is 13.7. The zero-order chi connectivity index (χ0) is 18.3. The molecule has 6 heteroatoms. The highest BCUT2D eigenvalue weighted by Gasteiger charge is 2.13. The van der Waals surface area contributed by atoms with Crippen LogP contribution in [0.1, 0.15) is 11.1 Å². The Hall–Kier alpha value is -3.25. The number of hydrogen-bond acceptors (Lipinski definition) is 4. The van der Waals surface area contributed by atoms with Crippen LogP contribution in [0.5, 0.6) is 0 Å². The molecule has 130 valence electrons. The van der Waals surface area contributed by atoms with Gasteiger partial charge in [-0.2, -0.15) is 0 Å². The zero-order valence-corrected chi connectivity index (χ0v) is 14.1. The van der Waals surface area contributed by atoms with Crippen molar-refractivity contribution in [3.63, 3.8) is 0 Å². The molecule has 0 atom stereocenters. The number of hydrogen-bond donors (Lipinski definition) is 3. The monoisotopic (exact) mass is 348 g/mol. The highest BCUT2D eigenvalue weighted by molar-refractivity contribution is 6.10. The average molecular weight is 348 g/mol. The molecule has 5 nitrogen and oxygen atoms in total. The van der Waals surface area contributed by atoms with Crippen LogP contribution in [0.15, 0.2) is 53.5 Å². The largest absolute Gasteiger partial charge is 0.339 e. The van der Waals surface area contributed by atoms with Crippen molar-refractivity contribution < 1.29 is 4.39 Å². The molecule has 0 radical (unpaired) electrons. The first-order valence-electron chi connectivity index (χ1n) is 8.24. The molecule has 26 heavy (non-hydrogen) atoms. The van der Waals surface area contributed by atoms with E-state index in [0.717, 1.165) is 16.8 Å². The molecule has 0 spiro atoms. The number of halogens is 1. The molecule has 2 aromatic carbocycles. The minimum Gasteiger partial charge on any atom is -0.339 e. The standard InChI is InChI=1S/C20H17FN4O/c1-11-2-3-12(10-22)8-17(11)25-19-14-6-7-23-20(26)18(14)15-9-13(21)4-5-16(15)24-19/h2-9H,10,22H2,1H3,(H,23,26)(H,24,25). The highest BCUT2D eigenvalue weighted by Crippen LogP contribution is 2.30. The summed E-state index contributed by atoms with van der Waals surface area (Å²) in [7, 11) is 0. The second-order valence-electron chi connectivity index (χ2n) is 6.20. The predicted octanol–water partition coefficient (Wildman–Crippen LogP) is 3.73. The Kier molecular flexibility index (Phi) is 3.89. The van der Waals surface area contributed by atoms with Gasteiger partial charge in [0.05, 0.1) is 10.9 Å². The van der Waals surface area contributed by atoms with Gasteiger partial charge in [-0.05, 0) is 48.4 Å². The SMILES string of the molecule is Cc1ccc(CN)cc1Nc1nc2ccc(F)cc2c2c(=O)[nH]ccc12. The molecule has 2 aromatic heterocycles. The molecule has 2 heterocycles. The fourth-order valence-corrected chi connectivity index (χ4v) is 3.08. The molecular formula is C20H17FN4O. The Bertz CT molecular complexity index is 1200. The van der Waals surface area contributed by atoms with E-state index in [2.05, 4.69) is 15.3 Å². The summed E-state index contributed by atoms with van der Waals surface area (Å²) in [5.74, 6) is 0.138. The van der Waals surface area contributed by atoms with Crippen molar-refractivity contribution in [1.82, 2.24) is 9.97 Å². The number of fused-ring (bicyclic) bond motifs is 3. The second-order valence-corrected chi connectivity index (χ2v) is 6.20. The third-order valence-electron chi connectivity index (χ3n) is 4.47. The quantitative estimate of drug-likeness (QED) is 0.493. The van der Waals surface area contributed by atoms with Crippen LogP contribution in [0.4, 0.5) is 15.9 Å². The Morgan fingerprint density at radius 1 is 1.15 bits per heavy atom. The molecule has 0 amide bonds. The number of benzene rings is 2. The number of aryl methyl sites for hydroxylation is 1. The van der Waals surface area contributed by atoms with Crippen molar-refractivity contribution in [2.24, 2.45) is 5.73 Å². The Morgan fingerprint density at radius 3 is 2.81 bits per heavy atom. The second kappa shape index (κ2) is 6.24. The minimum atomic E-state index is -0.406. The first-order chi connectivity index (χ1) is 12.6. The first kappa shape index (κ1) is 16.2. The van der Waals surface area contributed by atoms with Crippen LogP contribution in [0.2, 0.25) is 0 Å². The lowest BCUT2D eigenvalue weighted by atomic mass is 10.1. The summed E-state index contributed by atoms with van der Waals surface area (Å²) in [6, 6.07) is 11.9. The lowest BCUT2D eigenvalue weighted by Crippen LogP contribution is -2.08. The summed E-state index contributed by atoms with van der Waals surface area (Å²) in [6.07, 6.45) is 1.56. The summed E-state index contributed by atoms with van der Waals surface area (Å²) in [5.41, 5.74) is 8.88. The molecule has 4 N–H and O–H groups in total. The number of aromatic nitrogens is 2. The fraction of sp³-hybridized carbons (Fsp3) is 0.100. The molecule has 0 bridgehead atoms. The molecule has 0 aliphatic heterocycles. The topological polar surface area (TPSA) is 83.8 Å². The molecule has 0 aliphatic rings. The molecule has 0 saturated carbocycles. The first-order valence-corrected chi connectivity index (χ1v) is 8.24. The lowest BCUT2D eigenvalue weighted by molar-refractivity contribution is 0.629. The van der Waals surface area contributed by atoms with Crippen molar-refractivity contribution in [1.29, 1.82) is 0 Å². The molecule has 0 fully saturated rings. The van der Waals surface area contributed by atoms with E-state index >= 15 is 0 Å².